The second-order valence-electron chi connectivity index (χ2n) is 3.83. The van der Waals surface area contributed by atoms with Crippen LogP contribution in [0.2, 0.25) is 0 Å². The zero-order chi connectivity index (χ0) is 14.0. The fourth-order valence-corrected chi connectivity index (χ4v) is 1.77. The van der Waals surface area contributed by atoms with Crippen molar-refractivity contribution >= 4 is 21.9 Å². The molecule has 6 heteroatoms. The number of aromatic nitrogens is 1. The average molecular weight is 326 g/mol. The van der Waals surface area contributed by atoms with E-state index in [9.17, 15) is 9.18 Å². The molecule has 0 fully saturated rings. The predicted octanol–water partition coefficient (Wildman–Crippen LogP) is 3.78. The third-order valence-corrected chi connectivity index (χ3v) is 3.03. The lowest BCUT2D eigenvalue weighted by Crippen LogP contribution is -2.00. The van der Waals surface area contributed by atoms with E-state index in [0.29, 0.717) is 10.0 Å². The van der Waals surface area contributed by atoms with E-state index in [1.165, 1.54) is 30.5 Å². The summed E-state index contributed by atoms with van der Waals surface area (Å²) in [6.45, 7) is 1.67. The Balaban J connectivity index is 2.33. The van der Waals surface area contributed by atoms with Crippen molar-refractivity contribution in [3.05, 3.63) is 51.9 Å². The standard InChI is InChI=1S/C13H9BrFNO3/c1-7-4-8(13(17)18)6-16-12(7)19-11-5-9(15)2-3-10(11)14/h2-6H,1H3,(H,17,18). The van der Waals surface area contributed by atoms with Crippen LogP contribution in [0.25, 0.3) is 0 Å². The second-order valence-corrected chi connectivity index (χ2v) is 4.68. The summed E-state index contributed by atoms with van der Waals surface area (Å²) < 4.78 is 19.2. The first kappa shape index (κ1) is 13.5. The number of hydrogen-bond acceptors (Lipinski definition) is 3. The molecule has 98 valence electrons. The fraction of sp³-hybridized carbons (Fsp3) is 0.0769. The van der Waals surface area contributed by atoms with Crippen molar-refractivity contribution in [1.82, 2.24) is 4.98 Å². The van der Waals surface area contributed by atoms with Crippen molar-refractivity contribution in [3.8, 4) is 11.6 Å². The molecule has 0 bridgehead atoms. The van der Waals surface area contributed by atoms with Crippen LogP contribution >= 0.6 is 15.9 Å². The maximum Gasteiger partial charge on any atom is 0.337 e. The van der Waals surface area contributed by atoms with Crippen LogP contribution in [-0.2, 0) is 0 Å². The fourth-order valence-electron chi connectivity index (χ4n) is 1.45. The number of carbonyl (C=O) groups is 1. The predicted molar refractivity (Wildman–Crippen MR) is 70.1 cm³/mol. The van der Waals surface area contributed by atoms with Crippen LogP contribution in [0.4, 0.5) is 4.39 Å². The van der Waals surface area contributed by atoms with Gasteiger partial charge < -0.3 is 9.84 Å². The summed E-state index contributed by atoms with van der Waals surface area (Å²) in [7, 11) is 0. The Morgan fingerprint density at radius 1 is 1.42 bits per heavy atom. The second kappa shape index (κ2) is 5.36. The van der Waals surface area contributed by atoms with Gasteiger partial charge in [0.15, 0.2) is 0 Å². The molecule has 0 radical (unpaired) electrons. The van der Waals surface area contributed by atoms with Gasteiger partial charge in [0.05, 0.1) is 10.0 Å². The smallest absolute Gasteiger partial charge is 0.337 e. The van der Waals surface area contributed by atoms with Crippen LogP contribution < -0.4 is 4.74 Å². The summed E-state index contributed by atoms with van der Waals surface area (Å²) in [4.78, 5) is 14.7. The molecule has 2 aromatic rings. The molecule has 19 heavy (non-hydrogen) atoms. The van der Waals surface area contributed by atoms with Gasteiger partial charge in [0, 0.05) is 17.8 Å². The van der Waals surface area contributed by atoms with Gasteiger partial charge in [-0.25, -0.2) is 14.2 Å². The van der Waals surface area contributed by atoms with Crippen LogP contribution in [0.1, 0.15) is 15.9 Å². The third-order valence-electron chi connectivity index (χ3n) is 2.38. The molecule has 1 N–H and O–H groups in total. The van der Waals surface area contributed by atoms with Crippen LogP contribution in [-0.4, -0.2) is 16.1 Å². The number of pyridine rings is 1. The van der Waals surface area contributed by atoms with Crippen LogP contribution in [0.3, 0.4) is 0 Å². The van der Waals surface area contributed by atoms with Gasteiger partial charge >= 0.3 is 5.97 Å². The highest BCUT2D eigenvalue weighted by molar-refractivity contribution is 9.10. The number of benzene rings is 1. The summed E-state index contributed by atoms with van der Waals surface area (Å²) in [5.74, 6) is -0.984. The third kappa shape index (κ3) is 3.08. The Bertz CT molecular complexity index is 646. The molecule has 1 aromatic carbocycles. The summed E-state index contributed by atoms with van der Waals surface area (Å²) >= 11 is 3.24. The lowest BCUT2D eigenvalue weighted by Gasteiger charge is -2.09. The largest absolute Gasteiger partial charge is 0.478 e. The number of carboxylic acid groups (broad SMARTS) is 1. The minimum Gasteiger partial charge on any atom is -0.478 e. The number of halogens is 2. The van der Waals surface area contributed by atoms with E-state index >= 15 is 0 Å². The van der Waals surface area contributed by atoms with Crippen LogP contribution in [0.15, 0.2) is 34.9 Å². The van der Waals surface area contributed by atoms with Gasteiger partial charge in [-0.3, -0.25) is 0 Å². The van der Waals surface area contributed by atoms with E-state index in [2.05, 4.69) is 20.9 Å². The van der Waals surface area contributed by atoms with Gasteiger partial charge in [0.2, 0.25) is 5.88 Å². The van der Waals surface area contributed by atoms with Crippen molar-refractivity contribution in [2.45, 2.75) is 6.92 Å². The van der Waals surface area contributed by atoms with Gasteiger partial charge in [-0.15, -0.1) is 0 Å². The first-order valence-electron chi connectivity index (χ1n) is 5.30. The number of rotatable bonds is 3. The molecule has 0 amide bonds. The Morgan fingerprint density at radius 2 is 2.16 bits per heavy atom. The first-order valence-corrected chi connectivity index (χ1v) is 6.09. The average Bonchev–Trinajstić information content (AvgIpc) is 2.36. The molecule has 0 unspecified atom stereocenters. The minimum atomic E-state index is -1.06. The van der Waals surface area contributed by atoms with E-state index in [-0.39, 0.29) is 17.2 Å². The Kier molecular flexibility index (Phi) is 3.80. The van der Waals surface area contributed by atoms with Crippen molar-refractivity contribution in [2.75, 3.05) is 0 Å². The SMILES string of the molecule is Cc1cc(C(=O)O)cnc1Oc1cc(F)ccc1Br. The molecule has 0 spiro atoms. The van der Waals surface area contributed by atoms with E-state index in [1.54, 1.807) is 6.92 Å². The highest BCUT2D eigenvalue weighted by Crippen LogP contribution is 2.30. The molecule has 0 saturated carbocycles. The zero-order valence-electron chi connectivity index (χ0n) is 9.85. The van der Waals surface area contributed by atoms with Gasteiger partial charge in [-0.2, -0.15) is 0 Å². The van der Waals surface area contributed by atoms with Crippen LogP contribution in [0, 0.1) is 12.7 Å². The molecule has 0 aliphatic heterocycles. The number of aryl methyl sites for hydroxylation is 1. The van der Waals surface area contributed by atoms with Gasteiger partial charge in [-0.1, -0.05) is 0 Å². The molecule has 0 atom stereocenters. The quantitative estimate of drug-likeness (QED) is 0.932. The highest BCUT2D eigenvalue weighted by Gasteiger charge is 2.11. The molecular weight excluding hydrogens is 317 g/mol. The molecule has 2 rings (SSSR count). The van der Waals surface area contributed by atoms with Gasteiger partial charge in [0.25, 0.3) is 0 Å². The summed E-state index contributed by atoms with van der Waals surface area (Å²) in [6.07, 6.45) is 1.19. The van der Waals surface area contributed by atoms with Crippen molar-refractivity contribution in [1.29, 1.82) is 0 Å². The van der Waals surface area contributed by atoms with E-state index in [4.69, 9.17) is 9.84 Å². The molecular formula is C13H9BrFNO3. The lowest BCUT2D eigenvalue weighted by atomic mass is 10.2. The zero-order valence-corrected chi connectivity index (χ0v) is 11.4. The van der Waals surface area contributed by atoms with E-state index in [1.807, 2.05) is 0 Å². The topological polar surface area (TPSA) is 59.4 Å². The molecule has 1 aromatic heterocycles. The Hall–Kier alpha value is -1.95. The lowest BCUT2D eigenvalue weighted by molar-refractivity contribution is 0.0696. The molecule has 0 aliphatic rings. The number of carboxylic acids is 1. The summed E-state index contributed by atoms with van der Waals surface area (Å²) in [5, 5.41) is 8.83. The Labute approximate surface area is 117 Å². The minimum absolute atomic E-state index is 0.0724. The maximum absolute atomic E-state index is 13.1. The number of aromatic carboxylic acids is 1. The molecule has 1 heterocycles. The van der Waals surface area contributed by atoms with Gasteiger partial charge in [-0.05, 0) is 41.1 Å². The number of ether oxygens (including phenoxy) is 1. The van der Waals surface area contributed by atoms with E-state index in [0.717, 1.165) is 0 Å². The monoisotopic (exact) mass is 325 g/mol. The molecule has 0 aliphatic carbocycles. The van der Waals surface area contributed by atoms with Crippen molar-refractivity contribution < 1.29 is 19.0 Å². The number of nitrogens with zero attached hydrogens (tertiary/aromatic N) is 1. The maximum atomic E-state index is 13.1. The normalized spacial score (nSPS) is 10.3. The van der Waals surface area contributed by atoms with E-state index < -0.39 is 11.8 Å². The van der Waals surface area contributed by atoms with Gasteiger partial charge in [0.1, 0.15) is 11.6 Å². The Morgan fingerprint density at radius 3 is 2.79 bits per heavy atom. The van der Waals surface area contributed by atoms with Crippen LogP contribution in [0.5, 0.6) is 11.6 Å². The highest BCUT2D eigenvalue weighted by atomic mass is 79.9. The first-order chi connectivity index (χ1) is 8.97. The molecule has 4 nitrogen and oxygen atoms in total. The summed E-state index contributed by atoms with van der Waals surface area (Å²) in [6, 6.07) is 5.48. The van der Waals surface area contributed by atoms with Crippen molar-refractivity contribution in [3.63, 3.8) is 0 Å². The number of hydrogen-bond donors (Lipinski definition) is 1. The summed E-state index contributed by atoms with van der Waals surface area (Å²) in [5.41, 5.74) is 0.624. The van der Waals surface area contributed by atoms with Crippen molar-refractivity contribution in [2.24, 2.45) is 0 Å². The molecule has 0 saturated heterocycles.